The van der Waals surface area contributed by atoms with E-state index in [2.05, 4.69) is 28.2 Å². The largest absolute Gasteiger partial charge is 0.444 e. The van der Waals surface area contributed by atoms with Crippen molar-refractivity contribution in [3.05, 3.63) is 29.6 Å². The zero-order chi connectivity index (χ0) is 26.5. The van der Waals surface area contributed by atoms with Crippen molar-refractivity contribution in [2.24, 2.45) is 5.92 Å². The molecule has 37 heavy (non-hydrogen) atoms. The van der Waals surface area contributed by atoms with E-state index in [1.54, 1.807) is 37.8 Å². The minimum Gasteiger partial charge on any atom is -0.444 e. The van der Waals surface area contributed by atoms with Crippen molar-refractivity contribution < 1.29 is 18.7 Å². The second-order valence-electron chi connectivity index (χ2n) is 12.2. The number of piperazine rings is 1. The maximum atomic E-state index is 15.2. The van der Waals surface area contributed by atoms with E-state index in [9.17, 15) is 14.9 Å². The van der Waals surface area contributed by atoms with Gasteiger partial charge in [-0.3, -0.25) is 9.69 Å². The number of likely N-dealkylation sites (tertiary alicyclic amines) is 2. The number of nitrogens with one attached hydrogen (secondary N) is 1. The minimum atomic E-state index is -0.896. The van der Waals surface area contributed by atoms with E-state index >= 15 is 4.39 Å². The molecule has 4 fully saturated rings. The standard InChI is InChI=1S/C28H38FN5O3/c1-28(2,3)37-27(36)34-20-8-6-18(12-20)25(34)26(35)31-19(14-30)11-17-5-7-21(13-24(17)29)33-22-9-10-23(33)16-32(4)15-22/h5,7,13,18-20,22-23,25H,6,8-12,15-16H2,1-4H3,(H,31,35). The third kappa shape index (κ3) is 5.13. The van der Waals surface area contributed by atoms with Gasteiger partial charge < -0.3 is 19.9 Å². The van der Waals surface area contributed by atoms with Crippen LogP contribution in [0.1, 0.15) is 58.4 Å². The van der Waals surface area contributed by atoms with Crippen LogP contribution in [0.15, 0.2) is 18.2 Å². The highest BCUT2D eigenvalue weighted by Crippen LogP contribution is 2.43. The molecular formula is C28H38FN5O3. The van der Waals surface area contributed by atoms with Gasteiger partial charge in [0, 0.05) is 43.3 Å². The Bertz CT molecular complexity index is 1080. The van der Waals surface area contributed by atoms with Crippen molar-refractivity contribution in [2.45, 2.75) is 95.1 Å². The molecule has 1 N–H and O–H groups in total. The molecule has 6 atom stereocenters. The fourth-order valence-corrected chi connectivity index (χ4v) is 6.91. The van der Waals surface area contributed by atoms with Gasteiger partial charge in [-0.1, -0.05) is 6.07 Å². The van der Waals surface area contributed by atoms with Crippen molar-refractivity contribution in [3.63, 3.8) is 0 Å². The molecule has 1 aromatic carbocycles. The first-order chi connectivity index (χ1) is 17.5. The van der Waals surface area contributed by atoms with Gasteiger partial charge in [-0.05, 0) is 83.5 Å². The Morgan fingerprint density at radius 3 is 2.46 bits per heavy atom. The van der Waals surface area contributed by atoms with Crippen molar-refractivity contribution in [1.29, 1.82) is 5.26 Å². The van der Waals surface area contributed by atoms with Gasteiger partial charge in [0.2, 0.25) is 5.91 Å². The predicted octanol–water partition coefficient (Wildman–Crippen LogP) is 3.45. The highest BCUT2D eigenvalue weighted by molar-refractivity contribution is 5.87. The van der Waals surface area contributed by atoms with Crippen LogP contribution in [0.2, 0.25) is 0 Å². The second-order valence-corrected chi connectivity index (χ2v) is 12.2. The van der Waals surface area contributed by atoms with Crippen molar-refractivity contribution >= 4 is 17.7 Å². The molecule has 1 aromatic rings. The summed E-state index contributed by atoms with van der Waals surface area (Å²) in [5.74, 6) is -0.678. The van der Waals surface area contributed by atoms with Crippen LogP contribution < -0.4 is 10.2 Å². The summed E-state index contributed by atoms with van der Waals surface area (Å²) in [5.41, 5.74) is 0.617. The molecule has 0 radical (unpaired) electrons. The van der Waals surface area contributed by atoms with Crippen LogP contribution in [-0.2, 0) is 16.0 Å². The van der Waals surface area contributed by atoms with E-state index in [0.717, 1.165) is 50.9 Å². The normalized spacial score (nSPS) is 29.8. The molecule has 6 unspecified atom stereocenters. The fourth-order valence-electron chi connectivity index (χ4n) is 6.91. The van der Waals surface area contributed by atoms with Crippen LogP contribution >= 0.6 is 0 Å². The average molecular weight is 512 g/mol. The molecule has 3 saturated heterocycles. The quantitative estimate of drug-likeness (QED) is 0.652. The van der Waals surface area contributed by atoms with Gasteiger partial charge in [-0.15, -0.1) is 0 Å². The summed E-state index contributed by atoms with van der Waals surface area (Å²) >= 11 is 0. The number of benzene rings is 1. The van der Waals surface area contributed by atoms with Crippen LogP contribution in [0.5, 0.6) is 0 Å². The molecule has 4 aliphatic rings. The summed E-state index contributed by atoms with van der Waals surface area (Å²) in [6.07, 6.45) is 4.28. The van der Waals surface area contributed by atoms with Gasteiger partial charge in [-0.2, -0.15) is 5.26 Å². The van der Waals surface area contributed by atoms with Gasteiger partial charge in [0.05, 0.1) is 6.07 Å². The number of amides is 2. The Hall–Kier alpha value is -2.86. The van der Waals surface area contributed by atoms with E-state index in [1.807, 2.05) is 6.07 Å². The maximum absolute atomic E-state index is 15.2. The number of hydrogen-bond acceptors (Lipinski definition) is 6. The zero-order valence-electron chi connectivity index (χ0n) is 22.2. The van der Waals surface area contributed by atoms with Gasteiger partial charge in [0.15, 0.2) is 0 Å². The molecule has 3 aliphatic heterocycles. The lowest BCUT2D eigenvalue weighted by atomic mass is 9.97. The van der Waals surface area contributed by atoms with Crippen molar-refractivity contribution in [3.8, 4) is 6.07 Å². The van der Waals surface area contributed by atoms with Crippen LogP contribution in [0.3, 0.4) is 0 Å². The lowest BCUT2D eigenvalue weighted by Gasteiger charge is -2.41. The monoisotopic (exact) mass is 511 g/mol. The number of carbonyl (C=O) groups excluding carboxylic acids is 2. The Balaban J connectivity index is 1.25. The number of fused-ring (bicyclic) bond motifs is 4. The molecule has 4 bridgehead atoms. The molecule has 2 amide bonds. The van der Waals surface area contributed by atoms with Gasteiger partial charge in [0.25, 0.3) is 0 Å². The Kier molecular flexibility index (Phi) is 6.82. The molecule has 3 heterocycles. The van der Waals surface area contributed by atoms with Gasteiger partial charge in [-0.25, -0.2) is 9.18 Å². The summed E-state index contributed by atoms with van der Waals surface area (Å²) in [5, 5.41) is 12.6. The van der Waals surface area contributed by atoms with E-state index in [1.165, 1.54) is 0 Å². The van der Waals surface area contributed by atoms with Crippen LogP contribution in [0, 0.1) is 23.1 Å². The Labute approximate surface area is 218 Å². The minimum absolute atomic E-state index is 0.0222. The number of hydrogen-bond donors (Lipinski definition) is 1. The number of carbonyl (C=O) groups is 2. The molecule has 1 saturated carbocycles. The molecule has 5 rings (SSSR count). The third-order valence-electron chi connectivity index (χ3n) is 8.35. The van der Waals surface area contributed by atoms with Crippen molar-refractivity contribution in [1.82, 2.24) is 15.1 Å². The summed E-state index contributed by atoms with van der Waals surface area (Å²) in [4.78, 5) is 32.4. The van der Waals surface area contributed by atoms with Crippen LogP contribution in [0.4, 0.5) is 14.9 Å². The molecule has 0 spiro atoms. The maximum Gasteiger partial charge on any atom is 0.411 e. The molecule has 8 nitrogen and oxygen atoms in total. The lowest BCUT2D eigenvalue weighted by molar-refractivity contribution is -0.128. The molecule has 1 aliphatic carbocycles. The summed E-state index contributed by atoms with van der Waals surface area (Å²) < 4.78 is 20.8. The third-order valence-corrected chi connectivity index (χ3v) is 8.35. The Morgan fingerprint density at radius 2 is 1.84 bits per heavy atom. The van der Waals surface area contributed by atoms with E-state index in [4.69, 9.17) is 4.74 Å². The number of nitriles is 1. The number of piperidine rings is 1. The number of likely N-dealkylation sites (N-methyl/N-ethyl adjacent to an activating group) is 1. The van der Waals surface area contributed by atoms with Gasteiger partial charge >= 0.3 is 6.09 Å². The highest BCUT2D eigenvalue weighted by Gasteiger charge is 2.52. The molecule has 0 aromatic heterocycles. The molecule has 9 heteroatoms. The second kappa shape index (κ2) is 9.79. The first kappa shape index (κ1) is 25.8. The van der Waals surface area contributed by atoms with Crippen LogP contribution in [0.25, 0.3) is 0 Å². The highest BCUT2D eigenvalue weighted by atomic mass is 19.1. The number of nitrogens with zero attached hydrogens (tertiary/aromatic N) is 4. The van der Waals surface area contributed by atoms with E-state index in [0.29, 0.717) is 17.6 Å². The predicted molar refractivity (Wildman–Crippen MR) is 137 cm³/mol. The zero-order valence-corrected chi connectivity index (χ0v) is 22.2. The van der Waals surface area contributed by atoms with Gasteiger partial charge in [0.1, 0.15) is 23.5 Å². The van der Waals surface area contributed by atoms with Crippen LogP contribution in [-0.4, -0.2) is 77.7 Å². The van der Waals surface area contributed by atoms with E-state index in [-0.39, 0.29) is 30.1 Å². The fraction of sp³-hybridized carbons (Fsp3) is 0.679. The topological polar surface area (TPSA) is 88.9 Å². The van der Waals surface area contributed by atoms with E-state index < -0.39 is 23.8 Å². The number of ether oxygens (including phenoxy) is 1. The summed E-state index contributed by atoms with van der Waals surface area (Å²) in [6, 6.07) is 6.58. The Morgan fingerprint density at radius 1 is 1.16 bits per heavy atom. The number of halogens is 1. The molecule has 200 valence electrons. The summed E-state index contributed by atoms with van der Waals surface area (Å²) in [6.45, 7) is 7.36. The first-order valence-corrected chi connectivity index (χ1v) is 13.5. The summed E-state index contributed by atoms with van der Waals surface area (Å²) in [7, 11) is 2.13. The SMILES string of the molecule is CN1CC2CCC(C1)N2c1ccc(CC(C#N)NC(=O)C2C3CCC(C3)N2C(=O)OC(C)(C)C)c(F)c1. The smallest absolute Gasteiger partial charge is 0.411 e. The number of anilines is 1. The number of rotatable bonds is 5. The first-order valence-electron chi connectivity index (χ1n) is 13.5. The van der Waals surface area contributed by atoms with Crippen molar-refractivity contribution in [2.75, 3.05) is 25.0 Å². The average Bonchev–Trinajstić information content (AvgIpc) is 3.50. The lowest BCUT2D eigenvalue weighted by Crippen LogP contribution is -2.55. The molecular weight excluding hydrogens is 473 g/mol.